The molecule has 2 aromatic carbocycles. The maximum atomic E-state index is 11.5. The summed E-state index contributed by atoms with van der Waals surface area (Å²) in [5.74, 6) is 0.884. The fraction of sp³-hybridized carbons (Fsp3) is 0.316. The molecule has 0 aliphatic rings. The molecule has 6 nitrogen and oxygen atoms in total. The Balaban J connectivity index is 1.75. The van der Waals surface area contributed by atoms with Gasteiger partial charge in [-0.05, 0) is 35.9 Å². The molecule has 134 valence electrons. The predicted molar refractivity (Wildman–Crippen MR) is 94.0 cm³/mol. The highest BCUT2D eigenvalue weighted by Gasteiger charge is 2.08. The molecule has 6 heteroatoms. The molecule has 0 spiro atoms. The number of rotatable bonds is 9. The number of carbonyl (C=O) groups is 1. The van der Waals surface area contributed by atoms with Crippen LogP contribution in [0.3, 0.4) is 0 Å². The van der Waals surface area contributed by atoms with E-state index in [1.165, 1.54) is 7.11 Å². The quantitative estimate of drug-likeness (QED) is 0.677. The third-order valence-electron chi connectivity index (χ3n) is 3.54. The zero-order valence-corrected chi connectivity index (χ0v) is 14.4. The summed E-state index contributed by atoms with van der Waals surface area (Å²) in [6.07, 6.45) is -0.674. The van der Waals surface area contributed by atoms with Crippen LogP contribution >= 0.6 is 0 Å². The van der Waals surface area contributed by atoms with E-state index in [-0.39, 0.29) is 6.61 Å². The van der Waals surface area contributed by atoms with Gasteiger partial charge in [0, 0.05) is 13.1 Å². The van der Waals surface area contributed by atoms with Gasteiger partial charge >= 0.3 is 5.97 Å². The van der Waals surface area contributed by atoms with Gasteiger partial charge in [0.1, 0.15) is 24.2 Å². The van der Waals surface area contributed by atoms with Gasteiger partial charge in [0.15, 0.2) is 0 Å². The van der Waals surface area contributed by atoms with Gasteiger partial charge in [0.25, 0.3) is 0 Å². The van der Waals surface area contributed by atoms with E-state index in [0.29, 0.717) is 24.4 Å². The summed E-state index contributed by atoms with van der Waals surface area (Å²) in [6, 6.07) is 14.4. The predicted octanol–water partition coefficient (Wildman–Crippen LogP) is 2.01. The van der Waals surface area contributed by atoms with Crippen LogP contribution in [-0.4, -0.2) is 44.6 Å². The van der Waals surface area contributed by atoms with Crippen LogP contribution in [0.25, 0.3) is 0 Å². The largest absolute Gasteiger partial charge is 0.497 e. The number of carbonyl (C=O) groups excluding carboxylic acids is 1. The maximum absolute atomic E-state index is 11.5. The van der Waals surface area contributed by atoms with Crippen molar-refractivity contribution in [3.8, 4) is 11.5 Å². The van der Waals surface area contributed by atoms with Crippen LogP contribution in [0.15, 0.2) is 48.5 Å². The van der Waals surface area contributed by atoms with Crippen molar-refractivity contribution >= 4 is 5.97 Å². The van der Waals surface area contributed by atoms with Crippen molar-refractivity contribution < 1.29 is 24.1 Å². The fourth-order valence-corrected chi connectivity index (χ4v) is 2.25. The number of esters is 1. The first-order chi connectivity index (χ1) is 12.1. The number of hydrogen-bond donors (Lipinski definition) is 2. The number of aliphatic hydroxyl groups excluding tert-OH is 1. The Morgan fingerprint density at radius 1 is 1.12 bits per heavy atom. The van der Waals surface area contributed by atoms with Crippen molar-refractivity contribution in [2.24, 2.45) is 0 Å². The van der Waals surface area contributed by atoms with Crippen molar-refractivity contribution in [2.45, 2.75) is 12.6 Å². The molecule has 2 rings (SSSR count). The van der Waals surface area contributed by atoms with Crippen molar-refractivity contribution in [3.63, 3.8) is 0 Å². The lowest BCUT2D eigenvalue weighted by atomic mass is 10.2. The molecule has 0 saturated carbocycles. The van der Waals surface area contributed by atoms with E-state index in [4.69, 9.17) is 9.47 Å². The molecule has 0 heterocycles. The number of aliphatic hydroxyl groups is 1. The Kier molecular flexibility index (Phi) is 7.25. The highest BCUT2D eigenvalue weighted by molar-refractivity contribution is 5.89. The lowest BCUT2D eigenvalue weighted by molar-refractivity contribution is 0.0600. The minimum Gasteiger partial charge on any atom is -0.497 e. The molecule has 0 saturated heterocycles. The molecule has 1 unspecified atom stereocenters. The fourth-order valence-electron chi connectivity index (χ4n) is 2.25. The summed E-state index contributed by atoms with van der Waals surface area (Å²) in [6.45, 7) is 1.12. The second kappa shape index (κ2) is 9.66. The van der Waals surface area contributed by atoms with Crippen molar-refractivity contribution in [1.29, 1.82) is 0 Å². The van der Waals surface area contributed by atoms with E-state index in [2.05, 4.69) is 10.1 Å². The van der Waals surface area contributed by atoms with E-state index < -0.39 is 12.1 Å². The first-order valence-electron chi connectivity index (χ1n) is 7.95. The molecule has 2 N–H and O–H groups in total. The van der Waals surface area contributed by atoms with Gasteiger partial charge in [0.05, 0.1) is 19.8 Å². The smallest absolute Gasteiger partial charge is 0.337 e. The summed E-state index contributed by atoms with van der Waals surface area (Å²) in [4.78, 5) is 11.5. The topological polar surface area (TPSA) is 77.0 Å². The van der Waals surface area contributed by atoms with Gasteiger partial charge < -0.3 is 24.6 Å². The molecule has 2 aromatic rings. The Bertz CT molecular complexity index is 689. The Morgan fingerprint density at radius 3 is 2.64 bits per heavy atom. The second-order valence-corrected chi connectivity index (χ2v) is 5.47. The summed E-state index contributed by atoms with van der Waals surface area (Å²) in [5.41, 5.74) is 1.48. The molecular formula is C19H23NO5. The average molecular weight is 345 g/mol. The first-order valence-corrected chi connectivity index (χ1v) is 7.95. The number of hydrogen-bond acceptors (Lipinski definition) is 6. The van der Waals surface area contributed by atoms with Crippen molar-refractivity contribution in [3.05, 3.63) is 59.7 Å². The van der Waals surface area contributed by atoms with Crippen molar-refractivity contribution in [2.75, 3.05) is 27.4 Å². The molecule has 0 bridgehead atoms. The molecule has 0 amide bonds. The van der Waals surface area contributed by atoms with E-state index in [9.17, 15) is 9.90 Å². The molecule has 0 aromatic heterocycles. The lowest BCUT2D eigenvalue weighted by Crippen LogP contribution is -2.31. The van der Waals surface area contributed by atoms with Crippen LogP contribution < -0.4 is 14.8 Å². The monoisotopic (exact) mass is 345 g/mol. The number of ether oxygens (including phenoxy) is 3. The summed E-state index contributed by atoms with van der Waals surface area (Å²) < 4.78 is 15.4. The normalized spacial score (nSPS) is 11.6. The molecule has 0 fully saturated rings. The molecule has 0 aliphatic heterocycles. The van der Waals surface area contributed by atoms with Gasteiger partial charge in [-0.3, -0.25) is 0 Å². The molecule has 25 heavy (non-hydrogen) atoms. The highest BCUT2D eigenvalue weighted by Crippen LogP contribution is 2.14. The summed E-state index contributed by atoms with van der Waals surface area (Å²) in [7, 11) is 2.95. The third kappa shape index (κ3) is 6.10. The van der Waals surface area contributed by atoms with Crippen molar-refractivity contribution in [1.82, 2.24) is 5.32 Å². The molecular weight excluding hydrogens is 322 g/mol. The van der Waals surface area contributed by atoms with Gasteiger partial charge in [-0.1, -0.05) is 18.2 Å². The van der Waals surface area contributed by atoms with Crippen LogP contribution in [0, 0.1) is 0 Å². The maximum Gasteiger partial charge on any atom is 0.337 e. The molecule has 0 aliphatic carbocycles. The summed E-state index contributed by atoms with van der Waals surface area (Å²) in [5, 5.41) is 13.2. The summed E-state index contributed by atoms with van der Waals surface area (Å²) >= 11 is 0. The van der Waals surface area contributed by atoms with Crippen LogP contribution in [0.5, 0.6) is 11.5 Å². The van der Waals surface area contributed by atoms with Crippen LogP contribution in [-0.2, 0) is 11.3 Å². The number of methoxy groups -OCH3 is 2. The molecule has 0 radical (unpaired) electrons. The minimum absolute atomic E-state index is 0.121. The SMILES string of the molecule is COC(=O)c1cccc(OCC(O)CNCc2cccc(OC)c2)c1. The zero-order valence-electron chi connectivity index (χ0n) is 14.4. The standard InChI is InChI=1S/C19H23NO5/c1-23-17-7-3-5-14(9-17)11-20-12-16(21)13-25-18-8-4-6-15(10-18)19(22)24-2/h3-10,16,20-21H,11-13H2,1-2H3. The van der Waals surface area contributed by atoms with E-state index in [1.807, 2.05) is 24.3 Å². The average Bonchev–Trinajstić information content (AvgIpc) is 2.66. The van der Waals surface area contributed by atoms with Crippen LogP contribution in [0.2, 0.25) is 0 Å². The van der Waals surface area contributed by atoms with E-state index >= 15 is 0 Å². The van der Waals surface area contributed by atoms with Crippen LogP contribution in [0.4, 0.5) is 0 Å². The van der Waals surface area contributed by atoms with Gasteiger partial charge in [-0.2, -0.15) is 0 Å². The number of benzene rings is 2. The Morgan fingerprint density at radius 2 is 1.88 bits per heavy atom. The zero-order chi connectivity index (χ0) is 18.1. The lowest BCUT2D eigenvalue weighted by Gasteiger charge is -2.14. The Labute approximate surface area is 147 Å². The first kappa shape index (κ1) is 18.8. The second-order valence-electron chi connectivity index (χ2n) is 5.47. The third-order valence-corrected chi connectivity index (χ3v) is 3.54. The van der Waals surface area contributed by atoms with E-state index in [1.54, 1.807) is 31.4 Å². The molecule has 1 atom stereocenters. The highest BCUT2D eigenvalue weighted by atomic mass is 16.5. The Hall–Kier alpha value is -2.57. The van der Waals surface area contributed by atoms with Crippen LogP contribution in [0.1, 0.15) is 15.9 Å². The number of nitrogens with one attached hydrogen (secondary N) is 1. The van der Waals surface area contributed by atoms with E-state index in [0.717, 1.165) is 11.3 Å². The minimum atomic E-state index is -0.674. The van der Waals surface area contributed by atoms with Gasteiger partial charge in [0.2, 0.25) is 0 Å². The van der Waals surface area contributed by atoms with Gasteiger partial charge in [-0.15, -0.1) is 0 Å². The van der Waals surface area contributed by atoms with Gasteiger partial charge in [-0.25, -0.2) is 4.79 Å².